The number of nitrogens with two attached hydrogens (primary N) is 1. The zero-order valence-corrected chi connectivity index (χ0v) is 17.3. The summed E-state index contributed by atoms with van der Waals surface area (Å²) in [6.45, 7) is 5.47. The van der Waals surface area contributed by atoms with Crippen LogP contribution in [0, 0.1) is 24.6 Å². The summed E-state index contributed by atoms with van der Waals surface area (Å²) in [5, 5.41) is 1.60. The monoisotopic (exact) mass is 419 g/mol. The molecule has 0 radical (unpaired) electrons. The van der Waals surface area contributed by atoms with Crippen LogP contribution in [0.4, 0.5) is 10.2 Å². The minimum Gasteiger partial charge on any atom is -0.421 e. The van der Waals surface area contributed by atoms with E-state index < -0.39 is 0 Å². The molecule has 1 aromatic carbocycles. The van der Waals surface area contributed by atoms with Gasteiger partial charge in [-0.15, -0.1) is 0 Å². The lowest BCUT2D eigenvalue weighted by Crippen LogP contribution is -2.29. The van der Waals surface area contributed by atoms with Gasteiger partial charge in [0.1, 0.15) is 23.1 Å². The first-order chi connectivity index (χ1) is 15.0. The number of H-pyrrole nitrogens is 1. The summed E-state index contributed by atoms with van der Waals surface area (Å²) in [5.41, 5.74) is 8.55. The Hall–Kier alpha value is -3.33. The third kappa shape index (κ3) is 2.91. The summed E-state index contributed by atoms with van der Waals surface area (Å²) in [6.07, 6.45) is 3.89. The van der Waals surface area contributed by atoms with Crippen molar-refractivity contribution in [3.8, 4) is 11.8 Å². The Kier molecular flexibility index (Phi) is 3.92. The van der Waals surface area contributed by atoms with Gasteiger partial charge in [0.2, 0.25) is 0 Å². The maximum Gasteiger partial charge on any atom is 0.326 e. The van der Waals surface area contributed by atoms with Crippen molar-refractivity contribution in [2.45, 2.75) is 26.3 Å². The maximum absolute atomic E-state index is 14.4. The SMILES string of the molecule is CCc1cc(F)cc2c1[nH]c1nc(Oc3cnc(C)nc3)nc(N3C[C@@H]4C(N)[C@@H]4C3)c12. The predicted octanol–water partition coefficient (Wildman–Crippen LogP) is 3.10. The van der Waals surface area contributed by atoms with Crippen molar-refractivity contribution in [1.29, 1.82) is 0 Å². The number of ether oxygens (including phenoxy) is 1. The number of rotatable bonds is 4. The standard InChI is InChI=1S/C22H22FN7O/c1-3-11-4-12(23)5-14-17-20(27-19(11)14)28-22(31-13-6-25-10(2)26-7-13)29-21(17)30-8-15-16(9-30)18(15)24/h4-7,15-16,18H,3,8-9,24H2,1-2H3,(H,27,28,29)/t15-,16+,18?. The first-order valence-corrected chi connectivity index (χ1v) is 10.5. The van der Waals surface area contributed by atoms with Crippen molar-refractivity contribution in [1.82, 2.24) is 24.9 Å². The fraction of sp³-hybridized carbons (Fsp3) is 0.364. The van der Waals surface area contributed by atoms with E-state index in [-0.39, 0.29) is 17.9 Å². The number of fused-ring (bicyclic) bond motifs is 4. The van der Waals surface area contributed by atoms with Gasteiger partial charge in [0, 0.05) is 24.5 Å². The second-order valence-electron chi connectivity index (χ2n) is 8.40. The number of halogens is 1. The molecule has 158 valence electrons. The van der Waals surface area contributed by atoms with E-state index in [0.717, 1.165) is 40.8 Å². The lowest BCUT2D eigenvalue weighted by Gasteiger charge is -2.21. The molecule has 0 amide bonds. The van der Waals surface area contributed by atoms with Crippen LogP contribution in [0.15, 0.2) is 24.5 Å². The molecule has 3 atom stereocenters. The Morgan fingerprint density at radius 2 is 1.94 bits per heavy atom. The number of aromatic nitrogens is 5. The Labute approximate surface area is 177 Å². The van der Waals surface area contributed by atoms with Gasteiger partial charge in [-0.3, -0.25) is 0 Å². The van der Waals surface area contributed by atoms with Crippen LogP contribution in [-0.4, -0.2) is 44.1 Å². The van der Waals surface area contributed by atoms with Crippen LogP contribution >= 0.6 is 0 Å². The molecule has 2 fully saturated rings. The summed E-state index contributed by atoms with van der Waals surface area (Å²) >= 11 is 0. The highest BCUT2D eigenvalue weighted by molar-refractivity contribution is 6.12. The van der Waals surface area contributed by atoms with Crippen LogP contribution in [0.25, 0.3) is 21.9 Å². The molecule has 1 saturated carbocycles. The Bertz CT molecular complexity index is 1310. The molecule has 1 aliphatic heterocycles. The number of nitrogens with one attached hydrogen (secondary N) is 1. The summed E-state index contributed by atoms with van der Waals surface area (Å²) in [5.74, 6) is 2.55. The molecule has 1 aliphatic carbocycles. The summed E-state index contributed by atoms with van der Waals surface area (Å²) in [6, 6.07) is 3.58. The fourth-order valence-electron chi connectivity index (χ4n) is 4.73. The van der Waals surface area contributed by atoms with E-state index in [2.05, 4.69) is 24.8 Å². The van der Waals surface area contributed by atoms with E-state index >= 15 is 0 Å². The number of hydrogen-bond donors (Lipinski definition) is 2. The Morgan fingerprint density at radius 3 is 2.65 bits per heavy atom. The molecule has 3 N–H and O–H groups in total. The van der Waals surface area contributed by atoms with Crippen molar-refractivity contribution in [3.63, 3.8) is 0 Å². The minimum atomic E-state index is -0.264. The highest BCUT2D eigenvalue weighted by atomic mass is 19.1. The number of piperidine rings is 1. The average molecular weight is 419 g/mol. The molecule has 8 nitrogen and oxygen atoms in total. The zero-order valence-electron chi connectivity index (χ0n) is 17.3. The van der Waals surface area contributed by atoms with Crippen molar-refractivity contribution < 1.29 is 9.13 Å². The molecule has 2 aliphatic rings. The number of aryl methyl sites for hydroxylation is 2. The highest BCUT2D eigenvalue weighted by Gasteiger charge is 2.54. The molecule has 31 heavy (non-hydrogen) atoms. The second-order valence-corrected chi connectivity index (χ2v) is 8.40. The quantitative estimate of drug-likeness (QED) is 0.524. The second kappa shape index (κ2) is 6.58. The molecule has 6 rings (SSSR count). The Morgan fingerprint density at radius 1 is 1.19 bits per heavy atom. The normalized spacial score (nSPS) is 22.3. The zero-order chi connectivity index (χ0) is 21.3. The third-order valence-corrected chi connectivity index (χ3v) is 6.47. The number of hydrogen-bond acceptors (Lipinski definition) is 7. The largest absolute Gasteiger partial charge is 0.421 e. The van der Waals surface area contributed by atoms with Gasteiger partial charge in [-0.05, 0) is 42.9 Å². The summed E-state index contributed by atoms with van der Waals surface area (Å²) in [7, 11) is 0. The lowest BCUT2D eigenvalue weighted by atomic mass is 10.1. The van der Waals surface area contributed by atoms with Gasteiger partial charge in [0.05, 0.1) is 23.3 Å². The van der Waals surface area contributed by atoms with Crippen molar-refractivity contribution in [2.75, 3.05) is 18.0 Å². The lowest BCUT2D eigenvalue weighted by molar-refractivity contribution is 0.439. The van der Waals surface area contributed by atoms with E-state index in [1.165, 1.54) is 0 Å². The van der Waals surface area contributed by atoms with Crippen LogP contribution in [0.3, 0.4) is 0 Å². The van der Waals surface area contributed by atoms with Crippen molar-refractivity contribution >= 4 is 27.8 Å². The van der Waals surface area contributed by atoms with Crippen LogP contribution < -0.4 is 15.4 Å². The number of benzene rings is 1. The molecule has 3 aromatic heterocycles. The summed E-state index contributed by atoms with van der Waals surface area (Å²) < 4.78 is 20.3. The summed E-state index contributed by atoms with van der Waals surface area (Å²) in [4.78, 5) is 23.3. The highest BCUT2D eigenvalue weighted by Crippen LogP contribution is 2.47. The van der Waals surface area contributed by atoms with Crippen LogP contribution in [0.1, 0.15) is 18.3 Å². The van der Waals surface area contributed by atoms with Crippen molar-refractivity contribution in [2.24, 2.45) is 17.6 Å². The van der Waals surface area contributed by atoms with Gasteiger partial charge in [-0.1, -0.05) is 6.92 Å². The maximum atomic E-state index is 14.4. The molecule has 1 saturated heterocycles. The van der Waals surface area contributed by atoms with Gasteiger partial charge >= 0.3 is 6.01 Å². The van der Waals surface area contributed by atoms with Gasteiger partial charge < -0.3 is 20.4 Å². The minimum absolute atomic E-state index is 0.199. The molecule has 0 spiro atoms. The van der Waals surface area contributed by atoms with Crippen LogP contribution in [0.2, 0.25) is 0 Å². The molecule has 4 aromatic rings. The topological polar surface area (TPSA) is 106 Å². The fourth-order valence-corrected chi connectivity index (χ4v) is 4.73. The predicted molar refractivity (Wildman–Crippen MR) is 115 cm³/mol. The average Bonchev–Trinajstić information content (AvgIpc) is 3.12. The molecular weight excluding hydrogens is 397 g/mol. The van der Waals surface area contributed by atoms with E-state index in [0.29, 0.717) is 35.5 Å². The van der Waals surface area contributed by atoms with Gasteiger partial charge in [-0.2, -0.15) is 9.97 Å². The molecule has 9 heteroatoms. The number of aromatic amines is 1. The van der Waals surface area contributed by atoms with E-state index in [4.69, 9.17) is 15.5 Å². The molecule has 0 bridgehead atoms. The van der Waals surface area contributed by atoms with E-state index in [1.54, 1.807) is 24.5 Å². The molecular formula is C22H22FN7O. The van der Waals surface area contributed by atoms with Crippen LogP contribution in [-0.2, 0) is 6.42 Å². The van der Waals surface area contributed by atoms with Crippen LogP contribution in [0.5, 0.6) is 11.8 Å². The number of nitrogens with zero attached hydrogens (tertiary/aromatic N) is 5. The first-order valence-electron chi connectivity index (χ1n) is 10.5. The number of anilines is 1. The first kappa shape index (κ1) is 18.4. The van der Waals surface area contributed by atoms with Crippen molar-refractivity contribution in [3.05, 3.63) is 41.7 Å². The van der Waals surface area contributed by atoms with E-state index in [1.807, 2.05) is 13.8 Å². The van der Waals surface area contributed by atoms with Gasteiger partial charge in [0.25, 0.3) is 0 Å². The van der Waals surface area contributed by atoms with Gasteiger partial charge in [0.15, 0.2) is 5.75 Å². The Balaban J connectivity index is 1.53. The third-order valence-electron chi connectivity index (χ3n) is 6.47. The van der Waals surface area contributed by atoms with Gasteiger partial charge in [-0.25, -0.2) is 14.4 Å². The smallest absolute Gasteiger partial charge is 0.326 e. The molecule has 4 heterocycles. The van der Waals surface area contributed by atoms with E-state index in [9.17, 15) is 4.39 Å². The molecule has 1 unspecified atom stereocenters.